The average Bonchev–Trinajstić information content (AvgIpc) is 2.96. The van der Waals surface area contributed by atoms with Gasteiger partial charge in [0.25, 0.3) is 5.91 Å². The smallest absolute Gasteiger partial charge is 0.431 e. The van der Waals surface area contributed by atoms with E-state index >= 15 is 0 Å². The molecule has 0 bridgehead atoms. The van der Waals surface area contributed by atoms with Gasteiger partial charge in [0.1, 0.15) is 5.70 Å². The van der Waals surface area contributed by atoms with Gasteiger partial charge in [0.15, 0.2) is 5.78 Å². The van der Waals surface area contributed by atoms with Gasteiger partial charge in [-0.25, -0.2) is 0 Å². The number of nitrogens with one attached hydrogen (secondary N) is 2. The topological polar surface area (TPSA) is 136 Å². The normalized spacial score (nSPS) is 17.2. The molecule has 1 aliphatic carbocycles. The number of carbonyl (C=O) groups is 3. The molecular formula is C29H28Cl2F3N5O4. The molecule has 1 saturated carbocycles. The van der Waals surface area contributed by atoms with Gasteiger partial charge in [-0.15, -0.1) is 0 Å². The number of aromatic nitrogens is 1. The molecule has 1 aliphatic rings. The molecule has 0 radical (unpaired) electrons. The third-order valence-electron chi connectivity index (χ3n) is 6.88. The van der Waals surface area contributed by atoms with Crippen LogP contribution >= 0.6 is 23.2 Å². The second-order valence-corrected chi connectivity index (χ2v) is 10.5. The lowest BCUT2D eigenvalue weighted by molar-refractivity contribution is -0.149. The quantitative estimate of drug-likeness (QED) is 0.141. The molecule has 228 valence electrons. The fourth-order valence-corrected chi connectivity index (χ4v) is 5.34. The maximum absolute atomic E-state index is 14.4. The van der Waals surface area contributed by atoms with E-state index in [1.54, 1.807) is 19.1 Å². The number of pyridine rings is 1. The highest BCUT2D eigenvalue weighted by Gasteiger charge is 2.41. The standard InChI is InChI=1S/C29H28Cl2F3N5O4/c1-2-43-28(42)17-7-9-20(10-8-17)38-26(29(32,33)34)21(12-36)27(41)39(15-19-6-4-3-5-18(19)11-35)16-24(40)25-22(30)13-37-14-23(25)31/h3-6,12-14,17,20,36,38H,2,7-10,15-16H2,1H3/b26-21+,36-12?/t17-,20-. The minimum absolute atomic E-state index is 0.124. The molecule has 1 amide bonds. The summed E-state index contributed by atoms with van der Waals surface area (Å²) >= 11 is 12.2. The molecule has 1 aromatic heterocycles. The van der Waals surface area contributed by atoms with Gasteiger partial charge in [-0.1, -0.05) is 41.4 Å². The highest BCUT2D eigenvalue weighted by atomic mass is 35.5. The monoisotopic (exact) mass is 637 g/mol. The van der Waals surface area contributed by atoms with Crippen LogP contribution in [0, 0.1) is 22.7 Å². The van der Waals surface area contributed by atoms with Crippen molar-refractivity contribution in [3.8, 4) is 6.07 Å². The lowest BCUT2D eigenvalue weighted by atomic mass is 9.86. The van der Waals surface area contributed by atoms with E-state index in [1.165, 1.54) is 12.1 Å². The number of Topliss-reactive ketones (excluding diaryl/α,β-unsaturated/α-hetero) is 1. The van der Waals surface area contributed by atoms with Crippen molar-refractivity contribution in [2.24, 2.45) is 5.92 Å². The number of hydrogen-bond donors (Lipinski definition) is 2. The lowest BCUT2D eigenvalue weighted by Crippen LogP contribution is -2.43. The number of nitriles is 1. The first-order valence-electron chi connectivity index (χ1n) is 13.3. The predicted molar refractivity (Wildman–Crippen MR) is 153 cm³/mol. The number of amides is 1. The first-order chi connectivity index (χ1) is 20.4. The van der Waals surface area contributed by atoms with Crippen LogP contribution in [0.3, 0.4) is 0 Å². The SMILES string of the molecule is CCOC(=O)[C@H]1CC[C@H](N/C(=C(\C=N)C(=O)N(CC(=O)c2c(Cl)cncc2Cl)Cc2ccccc2C#N)C(F)(F)F)CC1. The summed E-state index contributed by atoms with van der Waals surface area (Å²) in [5.41, 5.74) is -2.26. The summed E-state index contributed by atoms with van der Waals surface area (Å²) in [6, 6.07) is 7.30. The first-order valence-corrected chi connectivity index (χ1v) is 14.0. The van der Waals surface area contributed by atoms with Crippen LogP contribution in [0.5, 0.6) is 0 Å². The zero-order valence-electron chi connectivity index (χ0n) is 23.0. The number of esters is 1. The van der Waals surface area contributed by atoms with Gasteiger partial charge in [0.05, 0.1) is 51.9 Å². The van der Waals surface area contributed by atoms with E-state index in [0.29, 0.717) is 0 Å². The molecule has 0 atom stereocenters. The summed E-state index contributed by atoms with van der Waals surface area (Å²) in [7, 11) is 0. The summed E-state index contributed by atoms with van der Waals surface area (Å²) in [6.07, 6.45) is -1.52. The number of rotatable bonds is 11. The van der Waals surface area contributed by atoms with Crippen LogP contribution in [0.15, 0.2) is 47.9 Å². The number of ether oxygens (including phenoxy) is 1. The fourth-order valence-electron chi connectivity index (χ4n) is 4.76. The molecule has 2 aromatic rings. The van der Waals surface area contributed by atoms with Crippen LogP contribution < -0.4 is 5.32 Å². The molecule has 43 heavy (non-hydrogen) atoms. The third kappa shape index (κ3) is 8.55. The largest absolute Gasteiger partial charge is 0.466 e. The molecule has 0 unspecified atom stereocenters. The van der Waals surface area contributed by atoms with Gasteiger partial charge < -0.3 is 20.4 Å². The van der Waals surface area contributed by atoms with Crippen LogP contribution in [0.1, 0.15) is 54.1 Å². The average molecular weight is 638 g/mol. The minimum atomic E-state index is -5.07. The van der Waals surface area contributed by atoms with Crippen molar-refractivity contribution < 1.29 is 32.3 Å². The Hall–Kier alpha value is -3.95. The second-order valence-electron chi connectivity index (χ2n) is 9.71. The summed E-state index contributed by atoms with van der Waals surface area (Å²) in [6.45, 7) is 0.661. The molecule has 14 heteroatoms. The number of allylic oxidation sites excluding steroid dienone is 1. The van der Waals surface area contributed by atoms with Gasteiger partial charge >= 0.3 is 12.1 Å². The van der Waals surface area contributed by atoms with Gasteiger partial charge in [0.2, 0.25) is 0 Å². The number of halogens is 5. The molecule has 1 heterocycles. The lowest BCUT2D eigenvalue weighted by Gasteiger charge is -2.31. The maximum atomic E-state index is 14.4. The molecule has 3 rings (SSSR count). The van der Waals surface area contributed by atoms with Crippen molar-refractivity contribution >= 4 is 47.1 Å². The Bertz CT molecular complexity index is 1430. The molecule has 0 spiro atoms. The van der Waals surface area contributed by atoms with E-state index < -0.39 is 60.2 Å². The van der Waals surface area contributed by atoms with Crippen LogP contribution in [-0.4, -0.2) is 59.1 Å². The molecule has 0 aliphatic heterocycles. The van der Waals surface area contributed by atoms with Crippen LogP contribution in [-0.2, 0) is 20.9 Å². The highest BCUT2D eigenvalue weighted by Crippen LogP contribution is 2.32. The van der Waals surface area contributed by atoms with E-state index in [1.807, 2.05) is 6.07 Å². The fraction of sp³-hybridized carbons (Fsp3) is 0.379. The Kier molecular flexibility index (Phi) is 11.7. The number of benzene rings is 1. The van der Waals surface area contributed by atoms with Crippen molar-refractivity contribution in [1.29, 1.82) is 10.7 Å². The van der Waals surface area contributed by atoms with E-state index in [0.717, 1.165) is 17.3 Å². The summed E-state index contributed by atoms with van der Waals surface area (Å²) in [5, 5.41) is 19.5. The van der Waals surface area contributed by atoms with Crippen molar-refractivity contribution in [1.82, 2.24) is 15.2 Å². The summed E-state index contributed by atoms with van der Waals surface area (Å²) < 4.78 is 48.2. The Morgan fingerprint density at radius 2 is 1.79 bits per heavy atom. The zero-order chi connectivity index (χ0) is 31.7. The van der Waals surface area contributed by atoms with Crippen LogP contribution in [0.25, 0.3) is 0 Å². The van der Waals surface area contributed by atoms with E-state index in [-0.39, 0.29) is 65.2 Å². The van der Waals surface area contributed by atoms with Crippen LogP contribution in [0.4, 0.5) is 13.2 Å². The van der Waals surface area contributed by atoms with Gasteiger partial charge in [-0.3, -0.25) is 19.4 Å². The second kappa shape index (κ2) is 15.0. The van der Waals surface area contributed by atoms with Crippen molar-refractivity contribution in [2.45, 2.75) is 51.4 Å². The molecular weight excluding hydrogens is 610 g/mol. The van der Waals surface area contributed by atoms with Crippen molar-refractivity contribution in [3.63, 3.8) is 0 Å². The number of alkyl halides is 3. The summed E-state index contributed by atoms with van der Waals surface area (Å²) in [5.74, 6) is -2.91. The van der Waals surface area contributed by atoms with Crippen molar-refractivity contribution in [3.05, 3.63) is 74.7 Å². The molecule has 1 aromatic carbocycles. The van der Waals surface area contributed by atoms with Crippen molar-refractivity contribution in [2.75, 3.05) is 13.2 Å². The number of hydrogen-bond acceptors (Lipinski definition) is 8. The summed E-state index contributed by atoms with van der Waals surface area (Å²) in [4.78, 5) is 43.7. The number of carbonyl (C=O) groups excluding carboxylic acids is 3. The molecule has 1 fully saturated rings. The predicted octanol–water partition coefficient (Wildman–Crippen LogP) is 5.65. The number of nitrogens with zero attached hydrogens (tertiary/aromatic N) is 3. The Morgan fingerprint density at radius 3 is 2.35 bits per heavy atom. The maximum Gasteiger partial charge on any atom is 0.431 e. The van der Waals surface area contributed by atoms with Gasteiger partial charge in [-0.2, -0.15) is 18.4 Å². The molecule has 9 nitrogen and oxygen atoms in total. The Labute approximate surface area is 256 Å². The zero-order valence-corrected chi connectivity index (χ0v) is 24.5. The Balaban J connectivity index is 1.99. The van der Waals surface area contributed by atoms with Gasteiger partial charge in [-0.05, 0) is 44.2 Å². The van der Waals surface area contributed by atoms with E-state index in [2.05, 4.69) is 10.3 Å². The van der Waals surface area contributed by atoms with E-state index in [9.17, 15) is 32.8 Å². The Morgan fingerprint density at radius 1 is 1.16 bits per heavy atom. The highest BCUT2D eigenvalue weighted by molar-refractivity contribution is 6.39. The van der Waals surface area contributed by atoms with Crippen LogP contribution in [0.2, 0.25) is 10.0 Å². The van der Waals surface area contributed by atoms with Gasteiger partial charge in [0, 0.05) is 31.2 Å². The number of ketones is 1. The van der Waals surface area contributed by atoms with E-state index in [4.69, 9.17) is 33.3 Å². The third-order valence-corrected chi connectivity index (χ3v) is 7.45. The molecule has 0 saturated heterocycles. The minimum Gasteiger partial charge on any atom is -0.466 e. The molecule has 2 N–H and O–H groups in total. The first kappa shape index (κ1) is 33.6.